The Kier molecular flexibility index (Phi) is 3.92. The molecular formula is C9H11Br2FN2. The van der Waals surface area contributed by atoms with Crippen LogP contribution in [0.1, 0.15) is 24.9 Å². The molecule has 0 aliphatic heterocycles. The Morgan fingerprint density at radius 1 is 1.43 bits per heavy atom. The molecule has 0 heterocycles. The highest BCUT2D eigenvalue weighted by Gasteiger charge is 2.18. The fourth-order valence-electron chi connectivity index (χ4n) is 1.19. The molecule has 0 aliphatic rings. The Bertz CT molecular complexity index is 329. The molecule has 0 bridgehead atoms. The van der Waals surface area contributed by atoms with Gasteiger partial charge in [-0.1, -0.05) is 6.92 Å². The van der Waals surface area contributed by atoms with Crippen molar-refractivity contribution in [3.05, 3.63) is 26.4 Å². The number of hydrogen-bond acceptors (Lipinski definition) is 2. The van der Waals surface area contributed by atoms with Crippen LogP contribution in [0.15, 0.2) is 15.0 Å². The first-order valence-electron chi connectivity index (χ1n) is 4.17. The first kappa shape index (κ1) is 11.9. The molecule has 0 aliphatic carbocycles. The molecule has 1 atom stereocenters. The van der Waals surface area contributed by atoms with Crippen molar-refractivity contribution >= 4 is 37.5 Å². The van der Waals surface area contributed by atoms with Gasteiger partial charge in [-0.3, -0.25) is 0 Å². The van der Waals surface area contributed by atoms with Gasteiger partial charge < -0.3 is 11.5 Å². The second-order valence-corrected chi connectivity index (χ2v) is 4.70. The molecular weight excluding hydrogens is 315 g/mol. The predicted molar refractivity (Wildman–Crippen MR) is 63.4 cm³/mol. The van der Waals surface area contributed by atoms with Crippen molar-refractivity contribution in [2.75, 3.05) is 5.73 Å². The van der Waals surface area contributed by atoms with Gasteiger partial charge in [0.2, 0.25) is 0 Å². The van der Waals surface area contributed by atoms with Crippen LogP contribution < -0.4 is 11.5 Å². The van der Waals surface area contributed by atoms with Crippen molar-refractivity contribution < 1.29 is 4.39 Å². The summed E-state index contributed by atoms with van der Waals surface area (Å²) in [5.41, 5.74) is 12.3. The van der Waals surface area contributed by atoms with Gasteiger partial charge in [0.15, 0.2) is 0 Å². The molecule has 5 heteroatoms. The van der Waals surface area contributed by atoms with Crippen molar-refractivity contribution in [1.82, 2.24) is 0 Å². The van der Waals surface area contributed by atoms with Gasteiger partial charge in [-0.2, -0.15) is 0 Å². The molecule has 1 unspecified atom stereocenters. The van der Waals surface area contributed by atoms with Crippen LogP contribution in [0.25, 0.3) is 0 Å². The molecule has 0 spiro atoms. The number of rotatable bonds is 2. The van der Waals surface area contributed by atoms with Gasteiger partial charge in [0.1, 0.15) is 5.82 Å². The third-order valence-corrected chi connectivity index (χ3v) is 3.29. The van der Waals surface area contributed by atoms with Crippen LogP contribution in [0.5, 0.6) is 0 Å². The molecule has 78 valence electrons. The van der Waals surface area contributed by atoms with E-state index in [9.17, 15) is 4.39 Å². The van der Waals surface area contributed by atoms with Crippen molar-refractivity contribution in [3.8, 4) is 0 Å². The van der Waals surface area contributed by atoms with Gasteiger partial charge in [-0.25, -0.2) is 4.39 Å². The fraction of sp³-hybridized carbons (Fsp3) is 0.333. The zero-order valence-corrected chi connectivity index (χ0v) is 10.8. The Labute approximate surface area is 99.1 Å². The average Bonchev–Trinajstić information content (AvgIpc) is 2.15. The van der Waals surface area contributed by atoms with E-state index in [0.717, 1.165) is 0 Å². The van der Waals surface area contributed by atoms with Crippen molar-refractivity contribution in [3.63, 3.8) is 0 Å². The summed E-state index contributed by atoms with van der Waals surface area (Å²) in [6.07, 6.45) is 0.643. The van der Waals surface area contributed by atoms with Crippen LogP contribution in [0.4, 0.5) is 10.1 Å². The Balaban J connectivity index is 3.39. The van der Waals surface area contributed by atoms with Gasteiger partial charge in [0.05, 0.1) is 10.2 Å². The Morgan fingerprint density at radius 3 is 2.50 bits per heavy atom. The molecule has 0 amide bonds. The molecule has 14 heavy (non-hydrogen) atoms. The lowest BCUT2D eigenvalue weighted by molar-refractivity contribution is 0.571. The van der Waals surface area contributed by atoms with Gasteiger partial charge in [-0.05, 0) is 44.3 Å². The summed E-state index contributed by atoms with van der Waals surface area (Å²) < 4.78 is 14.7. The first-order chi connectivity index (χ1) is 6.49. The van der Waals surface area contributed by atoms with Crippen LogP contribution in [-0.4, -0.2) is 0 Å². The SMILES string of the molecule is CCC(N)c1c(N)c(Br)cc(Br)c1F. The molecule has 1 rings (SSSR count). The van der Waals surface area contributed by atoms with Crippen LogP contribution in [0.2, 0.25) is 0 Å². The van der Waals surface area contributed by atoms with Crippen molar-refractivity contribution in [2.24, 2.45) is 5.73 Å². The lowest BCUT2D eigenvalue weighted by Crippen LogP contribution is -2.14. The Hall–Kier alpha value is -0.130. The molecule has 0 fully saturated rings. The average molecular weight is 326 g/mol. The second kappa shape index (κ2) is 4.59. The molecule has 4 N–H and O–H groups in total. The normalized spacial score (nSPS) is 12.9. The van der Waals surface area contributed by atoms with Crippen LogP contribution in [0.3, 0.4) is 0 Å². The van der Waals surface area contributed by atoms with E-state index in [2.05, 4.69) is 31.9 Å². The quantitative estimate of drug-likeness (QED) is 0.647. The minimum Gasteiger partial charge on any atom is -0.397 e. The van der Waals surface area contributed by atoms with Crippen molar-refractivity contribution in [2.45, 2.75) is 19.4 Å². The smallest absolute Gasteiger partial charge is 0.144 e. The predicted octanol–water partition coefficient (Wildman–Crippen LogP) is 3.34. The molecule has 2 nitrogen and oxygen atoms in total. The lowest BCUT2D eigenvalue weighted by Gasteiger charge is -2.15. The third kappa shape index (κ3) is 2.10. The van der Waals surface area contributed by atoms with Gasteiger partial charge in [-0.15, -0.1) is 0 Å². The molecule has 0 radical (unpaired) electrons. The highest BCUT2D eigenvalue weighted by Crippen LogP contribution is 2.35. The molecule has 1 aromatic carbocycles. The summed E-state index contributed by atoms with van der Waals surface area (Å²) in [6, 6.07) is 1.21. The minimum atomic E-state index is -0.375. The van der Waals surface area contributed by atoms with E-state index in [1.54, 1.807) is 6.07 Å². The number of nitrogen functional groups attached to an aromatic ring is 1. The highest BCUT2D eigenvalue weighted by molar-refractivity contribution is 9.11. The number of hydrogen-bond donors (Lipinski definition) is 2. The first-order valence-corrected chi connectivity index (χ1v) is 5.76. The second-order valence-electron chi connectivity index (χ2n) is 3.00. The van der Waals surface area contributed by atoms with E-state index < -0.39 is 0 Å². The summed E-state index contributed by atoms with van der Waals surface area (Å²) in [5, 5.41) is 0. The summed E-state index contributed by atoms with van der Waals surface area (Å²) in [5.74, 6) is -0.375. The highest BCUT2D eigenvalue weighted by atomic mass is 79.9. The van der Waals surface area contributed by atoms with E-state index in [-0.39, 0.29) is 11.9 Å². The number of nitrogens with two attached hydrogens (primary N) is 2. The largest absolute Gasteiger partial charge is 0.397 e. The van der Waals surface area contributed by atoms with E-state index in [4.69, 9.17) is 11.5 Å². The minimum absolute atomic E-state index is 0.369. The van der Waals surface area contributed by atoms with E-state index in [1.165, 1.54) is 0 Å². The maximum absolute atomic E-state index is 13.7. The van der Waals surface area contributed by atoms with Crippen LogP contribution in [-0.2, 0) is 0 Å². The van der Waals surface area contributed by atoms with Gasteiger partial charge >= 0.3 is 0 Å². The maximum atomic E-state index is 13.7. The molecule has 0 saturated heterocycles. The summed E-state index contributed by atoms with van der Waals surface area (Å²) in [4.78, 5) is 0. The zero-order chi connectivity index (χ0) is 10.9. The molecule has 1 aromatic rings. The van der Waals surface area contributed by atoms with Crippen molar-refractivity contribution in [1.29, 1.82) is 0 Å². The van der Waals surface area contributed by atoms with Gasteiger partial charge in [0, 0.05) is 16.1 Å². The molecule has 0 saturated carbocycles. The topological polar surface area (TPSA) is 52.0 Å². The number of halogens is 3. The summed E-state index contributed by atoms with van der Waals surface area (Å²) in [6.45, 7) is 1.89. The zero-order valence-electron chi connectivity index (χ0n) is 7.65. The summed E-state index contributed by atoms with van der Waals surface area (Å²) in [7, 11) is 0. The van der Waals surface area contributed by atoms with Crippen LogP contribution in [0, 0.1) is 5.82 Å². The number of benzene rings is 1. The fourth-order valence-corrected chi connectivity index (χ4v) is 2.39. The van der Waals surface area contributed by atoms with Gasteiger partial charge in [0.25, 0.3) is 0 Å². The number of anilines is 1. The van der Waals surface area contributed by atoms with E-state index in [1.807, 2.05) is 6.92 Å². The lowest BCUT2D eigenvalue weighted by atomic mass is 10.0. The molecule has 0 aromatic heterocycles. The standard InChI is InChI=1S/C9H11Br2FN2/c1-2-6(13)7-8(12)4(10)3-5(11)9(7)14/h3,6H,2,13-14H2,1H3. The monoisotopic (exact) mass is 324 g/mol. The van der Waals surface area contributed by atoms with E-state index >= 15 is 0 Å². The maximum Gasteiger partial charge on any atom is 0.144 e. The Morgan fingerprint density at radius 2 is 2.00 bits per heavy atom. The van der Waals surface area contributed by atoms with E-state index in [0.29, 0.717) is 26.6 Å². The third-order valence-electron chi connectivity index (χ3n) is 2.06. The van der Waals surface area contributed by atoms with Crippen LogP contribution >= 0.6 is 31.9 Å². The summed E-state index contributed by atoms with van der Waals surface area (Å²) >= 11 is 6.36.